The molecule has 2 aliphatic rings. The summed E-state index contributed by atoms with van der Waals surface area (Å²) in [7, 11) is 2.13. The summed E-state index contributed by atoms with van der Waals surface area (Å²) in [5.41, 5.74) is 0.985. The van der Waals surface area contributed by atoms with Crippen molar-refractivity contribution in [1.29, 1.82) is 0 Å². The van der Waals surface area contributed by atoms with Gasteiger partial charge in [0.05, 0.1) is 12.2 Å². The molecule has 6 nitrogen and oxygen atoms in total. The van der Waals surface area contributed by atoms with E-state index in [9.17, 15) is 10.2 Å². The van der Waals surface area contributed by atoms with Crippen molar-refractivity contribution in [3.63, 3.8) is 0 Å². The monoisotopic (exact) mass is 292 g/mol. The van der Waals surface area contributed by atoms with Gasteiger partial charge < -0.3 is 20.4 Å². The molecule has 1 aliphatic carbocycles. The van der Waals surface area contributed by atoms with E-state index < -0.39 is 12.2 Å². The molecular formula is C15H24N4O2. The molecule has 1 aromatic heterocycles. The van der Waals surface area contributed by atoms with Crippen LogP contribution in [0.1, 0.15) is 30.7 Å². The van der Waals surface area contributed by atoms with E-state index >= 15 is 0 Å². The first-order valence-electron chi connectivity index (χ1n) is 7.71. The fourth-order valence-electron chi connectivity index (χ4n) is 3.53. The van der Waals surface area contributed by atoms with Crippen LogP contribution < -0.4 is 5.32 Å². The largest absolute Gasteiger partial charge is 0.390 e. The summed E-state index contributed by atoms with van der Waals surface area (Å²) in [5, 5.41) is 23.9. The number of nitrogens with one attached hydrogen (secondary N) is 1. The van der Waals surface area contributed by atoms with Gasteiger partial charge in [0.15, 0.2) is 0 Å². The molecule has 1 saturated heterocycles. The molecule has 0 radical (unpaired) electrons. The van der Waals surface area contributed by atoms with E-state index in [-0.39, 0.29) is 12.0 Å². The van der Waals surface area contributed by atoms with Crippen molar-refractivity contribution in [1.82, 2.24) is 20.2 Å². The van der Waals surface area contributed by atoms with Crippen LogP contribution in [0, 0.1) is 0 Å². The number of aliphatic hydroxyl groups excluding tert-OH is 2. The molecule has 2 heterocycles. The molecule has 6 heteroatoms. The van der Waals surface area contributed by atoms with Crippen LogP contribution in [0.25, 0.3) is 0 Å². The zero-order chi connectivity index (χ0) is 14.8. The molecule has 0 unspecified atom stereocenters. The Labute approximate surface area is 125 Å². The Morgan fingerprint density at radius 1 is 1.19 bits per heavy atom. The van der Waals surface area contributed by atoms with Gasteiger partial charge in [0, 0.05) is 30.4 Å². The lowest BCUT2D eigenvalue weighted by Gasteiger charge is -2.34. The van der Waals surface area contributed by atoms with Gasteiger partial charge in [-0.2, -0.15) is 0 Å². The second kappa shape index (κ2) is 6.36. The molecule has 1 saturated carbocycles. The average Bonchev–Trinajstić information content (AvgIpc) is 2.79. The van der Waals surface area contributed by atoms with Crippen LogP contribution in [-0.4, -0.2) is 69.5 Å². The van der Waals surface area contributed by atoms with Crippen molar-refractivity contribution in [2.75, 3.05) is 20.1 Å². The third-order valence-electron chi connectivity index (χ3n) is 4.85. The highest BCUT2D eigenvalue weighted by molar-refractivity contribution is 5.19. The summed E-state index contributed by atoms with van der Waals surface area (Å²) in [6, 6.07) is 0.276. The lowest BCUT2D eigenvalue weighted by molar-refractivity contribution is 0.0262. The van der Waals surface area contributed by atoms with Crippen molar-refractivity contribution in [3.8, 4) is 0 Å². The first kappa shape index (κ1) is 14.8. The van der Waals surface area contributed by atoms with E-state index in [1.807, 2.05) is 0 Å². The van der Waals surface area contributed by atoms with Gasteiger partial charge in [-0.3, -0.25) is 0 Å². The quantitative estimate of drug-likeness (QED) is 0.712. The maximum atomic E-state index is 10.3. The molecule has 0 spiro atoms. The van der Waals surface area contributed by atoms with Crippen molar-refractivity contribution in [2.24, 2.45) is 0 Å². The van der Waals surface area contributed by atoms with Gasteiger partial charge in [0.1, 0.15) is 6.33 Å². The topological polar surface area (TPSA) is 81.5 Å². The highest BCUT2D eigenvalue weighted by Crippen LogP contribution is 2.35. The van der Waals surface area contributed by atoms with E-state index in [1.54, 1.807) is 12.4 Å². The molecule has 21 heavy (non-hydrogen) atoms. The molecule has 1 aromatic rings. The minimum absolute atomic E-state index is 0.0656. The number of likely N-dealkylation sites (tertiary alicyclic amines) is 1. The molecule has 2 fully saturated rings. The van der Waals surface area contributed by atoms with Gasteiger partial charge in [0.25, 0.3) is 0 Å². The number of hydrogen-bond acceptors (Lipinski definition) is 6. The highest BCUT2D eigenvalue weighted by Gasteiger charge is 2.43. The number of piperidine rings is 1. The Bertz CT molecular complexity index is 450. The predicted molar refractivity (Wildman–Crippen MR) is 78.8 cm³/mol. The Balaban J connectivity index is 1.71. The molecule has 0 amide bonds. The standard InChI is InChI=1S/C15H24N4O2/c1-19-4-2-11(3-5-19)18-14-12(6-13(20)15(14)21)10-7-16-9-17-8-10/h7-9,11-15,18,20-21H,2-6H2,1H3/t12-,13-,14-,15-/m1/s1. The molecule has 3 rings (SSSR count). The minimum Gasteiger partial charge on any atom is -0.390 e. The van der Waals surface area contributed by atoms with Crippen LogP contribution in [0.2, 0.25) is 0 Å². The number of nitrogens with zero attached hydrogens (tertiary/aromatic N) is 3. The van der Waals surface area contributed by atoms with Crippen molar-refractivity contribution in [2.45, 2.75) is 49.5 Å². The SMILES string of the molecule is CN1CCC(N[C@H]2[C@H](O)[C@H](O)C[C@@H]2c2cncnc2)CC1. The van der Waals surface area contributed by atoms with Gasteiger partial charge in [-0.05, 0) is 45.0 Å². The Kier molecular flexibility index (Phi) is 4.49. The zero-order valence-corrected chi connectivity index (χ0v) is 12.4. The van der Waals surface area contributed by atoms with E-state index in [1.165, 1.54) is 6.33 Å². The Hall–Kier alpha value is -1.08. The summed E-state index contributed by atoms with van der Waals surface area (Å²) < 4.78 is 0. The van der Waals surface area contributed by atoms with Crippen LogP contribution in [0.5, 0.6) is 0 Å². The fraction of sp³-hybridized carbons (Fsp3) is 0.733. The van der Waals surface area contributed by atoms with Gasteiger partial charge >= 0.3 is 0 Å². The van der Waals surface area contributed by atoms with Crippen molar-refractivity contribution >= 4 is 0 Å². The van der Waals surface area contributed by atoms with Crippen LogP contribution in [0.3, 0.4) is 0 Å². The third kappa shape index (κ3) is 3.23. The molecule has 116 valence electrons. The minimum atomic E-state index is -0.727. The van der Waals surface area contributed by atoms with Gasteiger partial charge in [-0.25, -0.2) is 9.97 Å². The first-order chi connectivity index (χ1) is 10.1. The van der Waals surface area contributed by atoms with E-state index in [4.69, 9.17) is 0 Å². The second-order valence-electron chi connectivity index (χ2n) is 6.34. The van der Waals surface area contributed by atoms with Crippen molar-refractivity contribution in [3.05, 3.63) is 24.3 Å². The average molecular weight is 292 g/mol. The van der Waals surface area contributed by atoms with E-state index in [0.29, 0.717) is 12.5 Å². The summed E-state index contributed by atoms with van der Waals surface area (Å²) in [5.74, 6) is 0.0656. The lowest BCUT2D eigenvalue weighted by Crippen LogP contribution is -2.50. The molecule has 0 bridgehead atoms. The van der Waals surface area contributed by atoms with Crippen LogP contribution >= 0.6 is 0 Å². The third-order valence-corrected chi connectivity index (χ3v) is 4.85. The fourth-order valence-corrected chi connectivity index (χ4v) is 3.53. The number of aromatic nitrogens is 2. The van der Waals surface area contributed by atoms with Crippen LogP contribution in [-0.2, 0) is 0 Å². The zero-order valence-electron chi connectivity index (χ0n) is 12.4. The predicted octanol–water partition coefficient (Wildman–Crippen LogP) is -0.262. The molecule has 4 atom stereocenters. The Morgan fingerprint density at radius 2 is 1.86 bits per heavy atom. The summed E-state index contributed by atoms with van der Waals surface area (Å²) >= 11 is 0. The maximum absolute atomic E-state index is 10.3. The molecule has 3 N–H and O–H groups in total. The smallest absolute Gasteiger partial charge is 0.115 e. The number of hydrogen-bond donors (Lipinski definition) is 3. The first-order valence-corrected chi connectivity index (χ1v) is 7.71. The summed E-state index contributed by atoms with van der Waals surface area (Å²) in [6.07, 6.45) is 6.37. The maximum Gasteiger partial charge on any atom is 0.115 e. The van der Waals surface area contributed by atoms with Gasteiger partial charge in [0.2, 0.25) is 0 Å². The normalized spacial score (nSPS) is 35.2. The van der Waals surface area contributed by atoms with E-state index in [2.05, 4.69) is 27.2 Å². The van der Waals surface area contributed by atoms with E-state index in [0.717, 1.165) is 31.5 Å². The molecular weight excluding hydrogens is 268 g/mol. The second-order valence-corrected chi connectivity index (χ2v) is 6.34. The highest BCUT2D eigenvalue weighted by atomic mass is 16.3. The molecule has 0 aromatic carbocycles. The number of rotatable bonds is 3. The van der Waals surface area contributed by atoms with Crippen LogP contribution in [0.4, 0.5) is 0 Å². The summed E-state index contributed by atoms with van der Waals surface area (Å²) in [4.78, 5) is 10.4. The summed E-state index contributed by atoms with van der Waals surface area (Å²) in [6.45, 7) is 2.14. The Morgan fingerprint density at radius 3 is 2.52 bits per heavy atom. The van der Waals surface area contributed by atoms with Gasteiger partial charge in [-0.1, -0.05) is 0 Å². The van der Waals surface area contributed by atoms with Crippen molar-refractivity contribution < 1.29 is 10.2 Å². The lowest BCUT2D eigenvalue weighted by atomic mass is 9.94. The number of aliphatic hydroxyl groups is 2. The van der Waals surface area contributed by atoms with Crippen LogP contribution in [0.15, 0.2) is 18.7 Å². The molecule has 1 aliphatic heterocycles. The van der Waals surface area contributed by atoms with Gasteiger partial charge in [-0.15, -0.1) is 0 Å².